The quantitative estimate of drug-likeness (QED) is 0.113. The van der Waals surface area contributed by atoms with Crippen molar-refractivity contribution in [3.63, 3.8) is 0 Å². The molecule has 4 aromatic rings. The minimum Gasteiger partial charge on any atom is -0.496 e. The molecule has 264 valence electrons. The average molecular weight is 685 g/mol. The number of unbranched alkanes of at least 4 members (excludes halogenated alkanes) is 1. The number of ether oxygens (including phenoxy) is 2. The average Bonchev–Trinajstić information content (AvgIpc) is 3.24. The Bertz CT molecular complexity index is 1700. The van der Waals surface area contributed by atoms with E-state index in [0.717, 1.165) is 32.7 Å². The maximum atomic E-state index is 14.9. The highest BCUT2D eigenvalue weighted by Gasteiger charge is 2.51. The molecule has 0 saturated heterocycles. The molecule has 4 aromatic carbocycles. The number of fused-ring (bicyclic) bond motifs is 3. The van der Waals surface area contributed by atoms with Crippen molar-refractivity contribution in [1.82, 2.24) is 4.90 Å². The van der Waals surface area contributed by atoms with Crippen molar-refractivity contribution in [3.8, 4) is 22.6 Å². The van der Waals surface area contributed by atoms with Crippen molar-refractivity contribution in [2.75, 3.05) is 20.2 Å². The minimum atomic E-state index is -4.62. The van der Waals surface area contributed by atoms with E-state index in [9.17, 15) is 18.0 Å². The highest BCUT2D eigenvalue weighted by Crippen LogP contribution is 2.52. The molecule has 8 heteroatoms. The Kier molecular flexibility index (Phi) is 11.2. The number of carbonyl (C=O) groups excluding carboxylic acids is 1. The van der Waals surface area contributed by atoms with Gasteiger partial charge in [-0.2, -0.15) is 13.2 Å². The summed E-state index contributed by atoms with van der Waals surface area (Å²) in [5.74, 6) is 0.922. The van der Waals surface area contributed by atoms with Crippen molar-refractivity contribution >= 4 is 5.91 Å². The van der Waals surface area contributed by atoms with Gasteiger partial charge in [0.05, 0.1) is 7.11 Å². The number of carbonyl (C=O) groups is 1. The molecule has 5 nitrogen and oxygen atoms in total. The van der Waals surface area contributed by atoms with Crippen LogP contribution in [0.15, 0.2) is 91.0 Å². The maximum Gasteiger partial charge on any atom is 0.406 e. The number of amides is 1. The third-order valence-electron chi connectivity index (χ3n) is 10.4. The number of methoxy groups -OCH3 is 1. The van der Waals surface area contributed by atoms with Crippen molar-refractivity contribution in [3.05, 3.63) is 119 Å². The smallest absolute Gasteiger partial charge is 0.406 e. The Hall–Kier alpha value is -4.30. The van der Waals surface area contributed by atoms with Gasteiger partial charge in [0.15, 0.2) is 0 Å². The molecule has 1 fully saturated rings. The fraction of sp³-hybridized carbons (Fsp3) is 0.405. The highest BCUT2D eigenvalue weighted by atomic mass is 19.4. The van der Waals surface area contributed by atoms with Gasteiger partial charge in [0, 0.05) is 18.2 Å². The zero-order valence-electron chi connectivity index (χ0n) is 28.8. The number of rotatable bonds is 13. The van der Waals surface area contributed by atoms with E-state index in [-0.39, 0.29) is 6.54 Å². The summed E-state index contributed by atoms with van der Waals surface area (Å²) in [7, 11) is 1.47. The Balaban J connectivity index is 1.25. The zero-order chi connectivity index (χ0) is 35.1. The lowest BCUT2D eigenvalue weighted by Crippen LogP contribution is -2.49. The summed E-state index contributed by atoms with van der Waals surface area (Å²) in [4.78, 5) is 15.8. The number of hydrogen-bond acceptors (Lipinski definition) is 4. The third-order valence-corrected chi connectivity index (χ3v) is 10.4. The van der Waals surface area contributed by atoms with E-state index in [4.69, 9.17) is 15.2 Å². The topological polar surface area (TPSA) is 64.8 Å². The monoisotopic (exact) mass is 684 g/mol. The third kappa shape index (κ3) is 7.70. The number of hydrogen-bond donors (Lipinski definition) is 1. The van der Waals surface area contributed by atoms with E-state index in [0.29, 0.717) is 55.4 Å². The van der Waals surface area contributed by atoms with Crippen LogP contribution in [0.25, 0.3) is 11.1 Å². The van der Waals surface area contributed by atoms with Gasteiger partial charge in [-0.3, -0.25) is 4.79 Å². The SMILES string of the molecule is COc1cc(OCc2ccc(C3CCCCCC3)cc2)ccc1CN(CC(F)(F)F)C(=O)C1(CCCCN)c2ccccc2-c2ccccc21. The molecule has 50 heavy (non-hydrogen) atoms. The molecule has 0 atom stereocenters. The summed E-state index contributed by atoms with van der Waals surface area (Å²) < 4.78 is 54.6. The van der Waals surface area contributed by atoms with Crippen LogP contribution in [0.2, 0.25) is 0 Å². The molecule has 6 rings (SSSR count). The van der Waals surface area contributed by atoms with Gasteiger partial charge in [-0.1, -0.05) is 105 Å². The van der Waals surface area contributed by atoms with E-state index >= 15 is 0 Å². The first-order valence-electron chi connectivity index (χ1n) is 17.9. The lowest BCUT2D eigenvalue weighted by atomic mass is 9.73. The lowest BCUT2D eigenvalue weighted by molar-refractivity contribution is -0.165. The molecule has 2 aliphatic rings. The summed E-state index contributed by atoms with van der Waals surface area (Å²) in [6.45, 7) is -0.909. The molecule has 2 N–H and O–H groups in total. The first kappa shape index (κ1) is 35.5. The van der Waals surface area contributed by atoms with Crippen LogP contribution >= 0.6 is 0 Å². The molecule has 1 amide bonds. The molecule has 1 saturated carbocycles. The Morgan fingerprint density at radius 3 is 2.10 bits per heavy atom. The standard InChI is InChI=1S/C42H47F3N2O3/c1-49-39-26-34(50-28-30-18-20-32(21-19-30)31-12-4-2-3-5-13-31)23-22-33(39)27-47(29-42(43,44)45)40(48)41(24-10-11-25-46)37-16-8-6-14-35(37)36-15-7-9-17-38(36)41/h6-9,14-23,26,31H,2-5,10-13,24-25,27-29,46H2,1H3. The van der Waals surface area contributed by atoms with Gasteiger partial charge in [0.2, 0.25) is 5.91 Å². The van der Waals surface area contributed by atoms with Gasteiger partial charge < -0.3 is 20.1 Å². The van der Waals surface area contributed by atoms with E-state index in [1.165, 1.54) is 51.2 Å². The molecule has 0 aromatic heterocycles. The second kappa shape index (κ2) is 15.7. The van der Waals surface area contributed by atoms with Crippen molar-refractivity contribution < 1.29 is 27.4 Å². The van der Waals surface area contributed by atoms with Crippen LogP contribution in [0.1, 0.15) is 91.5 Å². The molecule has 0 aliphatic heterocycles. The number of nitrogens with zero attached hydrogens (tertiary/aromatic N) is 1. The van der Waals surface area contributed by atoms with Crippen molar-refractivity contribution in [2.24, 2.45) is 5.73 Å². The van der Waals surface area contributed by atoms with E-state index in [1.807, 2.05) is 48.5 Å². The second-order valence-electron chi connectivity index (χ2n) is 13.7. The Morgan fingerprint density at radius 1 is 0.860 bits per heavy atom. The largest absolute Gasteiger partial charge is 0.496 e. The summed E-state index contributed by atoms with van der Waals surface area (Å²) >= 11 is 0. The number of alkyl halides is 3. The summed E-state index contributed by atoms with van der Waals surface area (Å²) in [6, 6.07) is 28.8. The molecule has 2 aliphatic carbocycles. The molecular formula is C42H47F3N2O3. The van der Waals surface area contributed by atoms with Crippen LogP contribution in [0.4, 0.5) is 13.2 Å². The molecule has 0 radical (unpaired) electrons. The fourth-order valence-corrected chi connectivity index (χ4v) is 7.97. The first-order valence-corrected chi connectivity index (χ1v) is 17.9. The van der Waals surface area contributed by atoms with Crippen LogP contribution in [-0.4, -0.2) is 37.2 Å². The predicted molar refractivity (Wildman–Crippen MR) is 191 cm³/mol. The number of nitrogens with two attached hydrogens (primary N) is 1. The van der Waals surface area contributed by atoms with Gasteiger partial charge in [-0.25, -0.2) is 0 Å². The van der Waals surface area contributed by atoms with Crippen LogP contribution < -0.4 is 15.2 Å². The zero-order valence-corrected chi connectivity index (χ0v) is 28.8. The Labute approximate surface area is 293 Å². The van der Waals surface area contributed by atoms with Gasteiger partial charge >= 0.3 is 6.18 Å². The first-order chi connectivity index (χ1) is 24.2. The van der Waals surface area contributed by atoms with Gasteiger partial charge in [-0.05, 0) is 83.7 Å². The van der Waals surface area contributed by atoms with Crippen LogP contribution in [0, 0.1) is 0 Å². The summed E-state index contributed by atoms with van der Waals surface area (Å²) in [5.41, 5.74) is 10.6. The van der Waals surface area contributed by atoms with E-state index in [1.54, 1.807) is 18.2 Å². The fourth-order valence-electron chi connectivity index (χ4n) is 7.97. The van der Waals surface area contributed by atoms with Crippen LogP contribution in [0.3, 0.4) is 0 Å². The van der Waals surface area contributed by atoms with Crippen molar-refractivity contribution in [1.29, 1.82) is 0 Å². The van der Waals surface area contributed by atoms with E-state index in [2.05, 4.69) is 24.3 Å². The minimum absolute atomic E-state index is 0.284. The molecule has 0 unspecified atom stereocenters. The molecular weight excluding hydrogens is 637 g/mol. The molecule has 0 heterocycles. The summed E-state index contributed by atoms with van der Waals surface area (Å²) in [5, 5.41) is 0. The molecule has 0 spiro atoms. The number of halogens is 3. The van der Waals surface area contributed by atoms with Crippen molar-refractivity contribution in [2.45, 2.75) is 88.4 Å². The summed E-state index contributed by atoms with van der Waals surface area (Å²) in [6.07, 6.45) is 4.65. The molecule has 0 bridgehead atoms. The normalized spacial score (nSPS) is 15.5. The highest BCUT2D eigenvalue weighted by molar-refractivity contribution is 6.00. The maximum absolute atomic E-state index is 14.9. The Morgan fingerprint density at radius 2 is 1.50 bits per heavy atom. The lowest BCUT2D eigenvalue weighted by Gasteiger charge is -2.37. The van der Waals surface area contributed by atoms with Gasteiger partial charge in [-0.15, -0.1) is 0 Å². The van der Waals surface area contributed by atoms with Crippen LogP contribution in [-0.2, 0) is 23.4 Å². The van der Waals surface area contributed by atoms with Gasteiger partial charge in [0.25, 0.3) is 0 Å². The predicted octanol–water partition coefficient (Wildman–Crippen LogP) is 9.70. The van der Waals surface area contributed by atoms with Gasteiger partial charge in [0.1, 0.15) is 30.1 Å². The second-order valence-corrected chi connectivity index (χ2v) is 13.7. The number of benzene rings is 4. The van der Waals surface area contributed by atoms with Crippen LogP contribution in [0.5, 0.6) is 11.5 Å². The van der Waals surface area contributed by atoms with E-state index < -0.39 is 24.0 Å².